The predicted octanol–water partition coefficient (Wildman–Crippen LogP) is 2.04. The molecule has 1 atom stereocenters. The Labute approximate surface area is 185 Å². The molecule has 168 valence electrons. The number of aromatic nitrogens is 4. The van der Waals surface area contributed by atoms with Gasteiger partial charge >= 0.3 is 0 Å². The lowest BCUT2D eigenvalue weighted by Gasteiger charge is -2.27. The largest absolute Gasteiger partial charge is 0.476 e. The molecule has 1 aliphatic heterocycles. The van der Waals surface area contributed by atoms with Crippen molar-refractivity contribution in [3.63, 3.8) is 0 Å². The molecular weight excluding hydrogens is 412 g/mol. The molecule has 0 saturated carbocycles. The number of carbonyl (C=O) groups excluding carboxylic acids is 1. The third-order valence-corrected chi connectivity index (χ3v) is 5.30. The Hall–Kier alpha value is -3.69. The molecule has 4 rings (SSSR count). The Morgan fingerprint density at radius 2 is 2.06 bits per heavy atom. The van der Waals surface area contributed by atoms with E-state index in [0.717, 1.165) is 36.4 Å². The summed E-state index contributed by atoms with van der Waals surface area (Å²) in [5.74, 6) is 1.51. The summed E-state index contributed by atoms with van der Waals surface area (Å²) in [5, 5.41) is 7.03. The number of furan rings is 1. The summed E-state index contributed by atoms with van der Waals surface area (Å²) in [6.45, 7) is 4.09. The van der Waals surface area contributed by atoms with Gasteiger partial charge in [-0.2, -0.15) is 5.10 Å². The zero-order valence-electron chi connectivity index (χ0n) is 17.9. The normalized spacial score (nSPS) is 14.7. The van der Waals surface area contributed by atoms with Crippen molar-refractivity contribution in [1.29, 1.82) is 0 Å². The first-order valence-electron chi connectivity index (χ1n) is 10.7. The molecule has 10 heteroatoms. The van der Waals surface area contributed by atoms with Gasteiger partial charge in [-0.3, -0.25) is 9.59 Å². The number of rotatable bonds is 8. The predicted molar refractivity (Wildman–Crippen MR) is 118 cm³/mol. The van der Waals surface area contributed by atoms with Crippen molar-refractivity contribution in [3.8, 4) is 17.3 Å². The van der Waals surface area contributed by atoms with Gasteiger partial charge in [0.05, 0.1) is 12.8 Å². The van der Waals surface area contributed by atoms with Crippen molar-refractivity contribution < 1.29 is 13.9 Å². The van der Waals surface area contributed by atoms with E-state index in [0.29, 0.717) is 17.3 Å². The van der Waals surface area contributed by atoms with E-state index in [2.05, 4.69) is 25.3 Å². The number of nitrogens with one attached hydrogen (secondary N) is 1. The maximum absolute atomic E-state index is 12.5. The van der Waals surface area contributed by atoms with Crippen LogP contribution in [0.4, 0.5) is 5.82 Å². The molecule has 0 aliphatic carbocycles. The molecular formula is C22H26N6O4. The first-order chi connectivity index (χ1) is 15.6. The highest BCUT2D eigenvalue weighted by molar-refractivity contribution is 5.79. The quantitative estimate of drug-likeness (QED) is 0.531. The lowest BCUT2D eigenvalue weighted by Crippen LogP contribution is -2.38. The molecule has 1 N–H and O–H groups in total. The molecule has 10 nitrogen and oxygen atoms in total. The van der Waals surface area contributed by atoms with Gasteiger partial charge in [0, 0.05) is 25.2 Å². The van der Waals surface area contributed by atoms with E-state index in [9.17, 15) is 9.59 Å². The average molecular weight is 438 g/mol. The van der Waals surface area contributed by atoms with Gasteiger partial charge in [0.15, 0.2) is 5.76 Å². The monoisotopic (exact) mass is 438 g/mol. The maximum Gasteiger partial charge on any atom is 0.267 e. The zero-order chi connectivity index (χ0) is 22.3. The number of anilines is 1. The molecule has 0 radical (unpaired) electrons. The van der Waals surface area contributed by atoms with Gasteiger partial charge in [-0.15, -0.1) is 0 Å². The molecule has 1 aliphatic rings. The summed E-state index contributed by atoms with van der Waals surface area (Å²) in [5.41, 5.74) is 0.108. The number of hydrogen-bond donors (Lipinski definition) is 1. The fourth-order valence-electron chi connectivity index (χ4n) is 3.55. The highest BCUT2D eigenvalue weighted by Gasteiger charge is 2.18. The highest BCUT2D eigenvalue weighted by atomic mass is 16.5. The van der Waals surface area contributed by atoms with Crippen LogP contribution in [0.1, 0.15) is 32.2 Å². The molecule has 3 aromatic rings. The van der Waals surface area contributed by atoms with Crippen molar-refractivity contribution >= 4 is 11.7 Å². The fourth-order valence-corrected chi connectivity index (χ4v) is 3.55. The maximum atomic E-state index is 12.5. The summed E-state index contributed by atoms with van der Waals surface area (Å²) < 4.78 is 12.1. The van der Waals surface area contributed by atoms with Crippen molar-refractivity contribution in [2.75, 3.05) is 31.1 Å². The lowest BCUT2D eigenvalue weighted by molar-refractivity contribution is -0.124. The molecule has 4 heterocycles. The summed E-state index contributed by atoms with van der Waals surface area (Å²) in [7, 11) is 0. The molecule has 3 aromatic heterocycles. The van der Waals surface area contributed by atoms with Crippen molar-refractivity contribution in [1.82, 2.24) is 25.1 Å². The fraction of sp³-hybridized carbons (Fsp3) is 0.409. The molecule has 0 aromatic carbocycles. The first-order valence-corrected chi connectivity index (χ1v) is 10.7. The van der Waals surface area contributed by atoms with E-state index < -0.39 is 6.04 Å². The number of amides is 1. The number of carbonyl (C=O) groups is 1. The number of piperidine rings is 1. The van der Waals surface area contributed by atoms with E-state index in [-0.39, 0.29) is 24.6 Å². The van der Waals surface area contributed by atoms with E-state index >= 15 is 0 Å². The summed E-state index contributed by atoms with van der Waals surface area (Å²) in [4.78, 5) is 35.5. The second kappa shape index (κ2) is 10.1. The van der Waals surface area contributed by atoms with Crippen LogP contribution >= 0.6 is 0 Å². The minimum atomic E-state index is -0.790. The van der Waals surface area contributed by atoms with Crippen LogP contribution in [-0.2, 0) is 4.79 Å². The molecule has 1 fully saturated rings. The number of hydrogen-bond acceptors (Lipinski definition) is 8. The van der Waals surface area contributed by atoms with Gasteiger partial charge in [0.2, 0.25) is 11.8 Å². The summed E-state index contributed by atoms with van der Waals surface area (Å²) >= 11 is 0. The summed E-state index contributed by atoms with van der Waals surface area (Å²) in [6.07, 6.45) is 6.58. The van der Waals surface area contributed by atoms with Crippen LogP contribution in [0.5, 0.6) is 5.88 Å². The van der Waals surface area contributed by atoms with Crippen LogP contribution in [0.2, 0.25) is 0 Å². The van der Waals surface area contributed by atoms with E-state index in [1.165, 1.54) is 25.1 Å². The molecule has 32 heavy (non-hydrogen) atoms. The number of ether oxygens (including phenoxy) is 1. The molecule has 1 unspecified atom stereocenters. The smallest absolute Gasteiger partial charge is 0.267 e. The zero-order valence-corrected chi connectivity index (χ0v) is 17.9. The Morgan fingerprint density at radius 3 is 2.84 bits per heavy atom. The minimum absolute atomic E-state index is 0.240. The lowest BCUT2D eigenvalue weighted by atomic mass is 10.1. The van der Waals surface area contributed by atoms with Crippen LogP contribution < -0.4 is 20.5 Å². The van der Waals surface area contributed by atoms with Gasteiger partial charge in [-0.05, 0) is 44.4 Å². The standard InChI is InChI=1S/C22H26N6O4/c1-16(28-21(29)8-7-17(26-28)18-6-5-12-31-18)22(30)23-9-13-32-20-14-19(24-15-25-20)27-10-3-2-4-11-27/h5-8,12,14-16H,2-4,9-11,13H2,1H3,(H,23,30). The van der Waals surface area contributed by atoms with E-state index in [4.69, 9.17) is 9.15 Å². The Kier molecular flexibility index (Phi) is 6.78. The number of nitrogens with zero attached hydrogens (tertiary/aromatic N) is 5. The Morgan fingerprint density at radius 1 is 1.22 bits per heavy atom. The van der Waals surface area contributed by atoms with Crippen LogP contribution in [-0.4, -0.2) is 51.9 Å². The van der Waals surface area contributed by atoms with Gasteiger partial charge in [0.1, 0.15) is 30.5 Å². The Balaban J connectivity index is 1.30. The summed E-state index contributed by atoms with van der Waals surface area (Å²) in [6, 6.07) is 7.43. The minimum Gasteiger partial charge on any atom is -0.476 e. The molecule has 1 saturated heterocycles. The first kappa shape index (κ1) is 21.5. The van der Waals surface area contributed by atoms with Gasteiger partial charge in [-0.1, -0.05) is 0 Å². The van der Waals surface area contributed by atoms with E-state index in [1.54, 1.807) is 25.1 Å². The second-order valence-corrected chi connectivity index (χ2v) is 7.56. The third-order valence-electron chi connectivity index (χ3n) is 5.30. The van der Waals surface area contributed by atoms with Gasteiger partial charge in [-0.25, -0.2) is 14.6 Å². The third kappa shape index (κ3) is 5.13. The van der Waals surface area contributed by atoms with Crippen LogP contribution in [0, 0.1) is 0 Å². The molecule has 1 amide bonds. The average Bonchev–Trinajstić information content (AvgIpc) is 3.37. The second-order valence-electron chi connectivity index (χ2n) is 7.56. The van der Waals surface area contributed by atoms with Crippen molar-refractivity contribution in [2.45, 2.75) is 32.2 Å². The van der Waals surface area contributed by atoms with Gasteiger partial charge < -0.3 is 19.4 Å². The highest BCUT2D eigenvalue weighted by Crippen LogP contribution is 2.20. The van der Waals surface area contributed by atoms with Crippen LogP contribution in [0.3, 0.4) is 0 Å². The Bertz CT molecular complexity index is 1090. The van der Waals surface area contributed by atoms with Crippen molar-refractivity contribution in [3.05, 3.63) is 53.3 Å². The van der Waals surface area contributed by atoms with Crippen LogP contribution in [0.15, 0.2) is 52.1 Å². The SMILES string of the molecule is CC(C(=O)NCCOc1cc(N2CCCCC2)ncn1)n1nc(-c2ccco2)ccc1=O. The van der Waals surface area contributed by atoms with Crippen LogP contribution in [0.25, 0.3) is 11.5 Å². The van der Waals surface area contributed by atoms with Crippen molar-refractivity contribution in [2.24, 2.45) is 0 Å². The molecule has 0 spiro atoms. The molecule has 0 bridgehead atoms. The van der Waals surface area contributed by atoms with Gasteiger partial charge in [0.25, 0.3) is 5.56 Å². The topological polar surface area (TPSA) is 115 Å². The van der Waals surface area contributed by atoms with E-state index in [1.807, 2.05) is 6.07 Å².